The van der Waals surface area contributed by atoms with Crippen molar-refractivity contribution in [1.82, 2.24) is 4.90 Å². The highest BCUT2D eigenvalue weighted by atomic mass is 32.2. The highest BCUT2D eigenvalue weighted by Crippen LogP contribution is 2.40. The molecule has 27 heavy (non-hydrogen) atoms. The smallest absolute Gasteiger partial charge is 0.338 e. The summed E-state index contributed by atoms with van der Waals surface area (Å²) in [4.78, 5) is 31.8. The Hall–Kier alpha value is -2.28. The Morgan fingerprint density at radius 3 is 2.67 bits per heavy atom. The average molecular weight is 388 g/mol. The van der Waals surface area contributed by atoms with Crippen LogP contribution in [0.2, 0.25) is 0 Å². The minimum absolute atomic E-state index is 0.0324. The number of allylic oxidation sites excluding steroid dienone is 1. The third kappa shape index (κ3) is 4.03. The second-order valence-electron chi connectivity index (χ2n) is 6.92. The zero-order valence-electron chi connectivity index (χ0n) is 16.0. The molecule has 1 saturated heterocycles. The molecule has 3 rings (SSSR count). The Labute approximate surface area is 163 Å². The number of hydrogen-bond donors (Lipinski definition) is 0. The number of nitrogens with zero attached hydrogens (tertiary/aromatic N) is 2. The molecule has 1 fully saturated rings. The summed E-state index contributed by atoms with van der Waals surface area (Å²) in [5.41, 5.74) is 1.84. The Morgan fingerprint density at radius 2 is 2.04 bits per heavy atom. The first kappa shape index (κ1) is 19.5. The molecule has 0 bridgehead atoms. The summed E-state index contributed by atoms with van der Waals surface area (Å²) < 4.78 is 10.7. The number of rotatable bonds is 5. The van der Waals surface area contributed by atoms with Gasteiger partial charge < -0.3 is 9.47 Å². The van der Waals surface area contributed by atoms with Crippen LogP contribution in [0.1, 0.15) is 38.8 Å². The van der Waals surface area contributed by atoms with Crippen LogP contribution in [0.3, 0.4) is 0 Å². The summed E-state index contributed by atoms with van der Waals surface area (Å²) in [6, 6.07) is 6.87. The average Bonchev–Trinajstić information content (AvgIpc) is 2.65. The van der Waals surface area contributed by atoms with Gasteiger partial charge in [0.25, 0.3) is 0 Å². The lowest BCUT2D eigenvalue weighted by atomic mass is 9.94. The van der Waals surface area contributed by atoms with Gasteiger partial charge in [-0.25, -0.2) is 9.79 Å². The zero-order valence-corrected chi connectivity index (χ0v) is 16.8. The maximum absolute atomic E-state index is 12.9. The number of amidine groups is 1. The summed E-state index contributed by atoms with van der Waals surface area (Å²) in [5, 5.41) is 0.643. The van der Waals surface area contributed by atoms with E-state index in [1.54, 1.807) is 18.9 Å². The van der Waals surface area contributed by atoms with E-state index in [2.05, 4.69) is 4.99 Å². The van der Waals surface area contributed by atoms with Crippen molar-refractivity contribution in [2.24, 2.45) is 10.9 Å². The van der Waals surface area contributed by atoms with E-state index in [0.717, 1.165) is 5.56 Å². The van der Waals surface area contributed by atoms with Gasteiger partial charge in [-0.05, 0) is 30.5 Å². The van der Waals surface area contributed by atoms with Gasteiger partial charge in [-0.2, -0.15) is 0 Å². The van der Waals surface area contributed by atoms with Gasteiger partial charge in [-0.1, -0.05) is 37.7 Å². The third-order valence-electron chi connectivity index (χ3n) is 4.41. The first-order valence-electron chi connectivity index (χ1n) is 8.97. The number of ether oxygens (including phenoxy) is 2. The van der Waals surface area contributed by atoms with Crippen molar-refractivity contribution in [3.05, 3.63) is 41.1 Å². The van der Waals surface area contributed by atoms with E-state index in [4.69, 9.17) is 9.47 Å². The normalized spacial score (nSPS) is 19.7. The summed E-state index contributed by atoms with van der Waals surface area (Å²) in [6.45, 7) is 6.09. The molecule has 0 saturated carbocycles. The minimum Gasteiger partial charge on any atom is -0.497 e. The van der Waals surface area contributed by atoms with Gasteiger partial charge in [0, 0.05) is 12.2 Å². The minimum atomic E-state index is -0.539. The lowest BCUT2D eigenvalue weighted by Gasteiger charge is -2.39. The van der Waals surface area contributed by atoms with Crippen molar-refractivity contribution in [3.8, 4) is 5.75 Å². The number of benzene rings is 1. The fourth-order valence-corrected chi connectivity index (χ4v) is 4.09. The van der Waals surface area contributed by atoms with Crippen molar-refractivity contribution in [3.63, 3.8) is 0 Å². The van der Waals surface area contributed by atoms with Gasteiger partial charge in [0.2, 0.25) is 5.91 Å². The number of carbonyl (C=O) groups excluding carboxylic acids is 2. The van der Waals surface area contributed by atoms with E-state index >= 15 is 0 Å². The Balaban J connectivity index is 2.05. The molecule has 7 heteroatoms. The number of amides is 1. The van der Waals surface area contributed by atoms with Crippen LogP contribution in [0.15, 0.2) is 40.5 Å². The predicted molar refractivity (Wildman–Crippen MR) is 106 cm³/mol. The summed E-state index contributed by atoms with van der Waals surface area (Å²) in [7, 11) is 1.60. The number of hydrogen-bond acceptors (Lipinski definition) is 6. The van der Waals surface area contributed by atoms with Crippen LogP contribution >= 0.6 is 11.8 Å². The molecule has 2 heterocycles. The monoisotopic (exact) mass is 388 g/mol. The highest BCUT2D eigenvalue weighted by molar-refractivity contribution is 8.14. The maximum atomic E-state index is 12.9. The molecule has 2 aliphatic rings. The summed E-state index contributed by atoms with van der Waals surface area (Å²) in [5.74, 6) is 1.18. The SMILES string of the molecule is COc1ccc([C@@H]2C(C(=O)OCC(C)C)=C(C)N=C3SCCC(=O)N32)cc1. The fourth-order valence-electron chi connectivity index (χ4n) is 3.08. The Bertz CT molecular complexity index is 799. The molecule has 1 aromatic rings. The molecule has 1 atom stereocenters. The molecule has 1 aromatic carbocycles. The Morgan fingerprint density at radius 1 is 1.33 bits per heavy atom. The number of aliphatic imine (C=N–C) groups is 1. The van der Waals surface area contributed by atoms with Crippen LogP contribution in [-0.2, 0) is 14.3 Å². The van der Waals surface area contributed by atoms with Gasteiger partial charge in [0.05, 0.1) is 31.0 Å². The molecule has 0 spiro atoms. The van der Waals surface area contributed by atoms with Crippen LogP contribution in [0.5, 0.6) is 5.75 Å². The number of thioether (sulfide) groups is 1. The molecule has 0 aromatic heterocycles. The van der Waals surface area contributed by atoms with Crippen LogP contribution in [0, 0.1) is 5.92 Å². The summed E-state index contributed by atoms with van der Waals surface area (Å²) >= 11 is 1.54. The molecule has 0 radical (unpaired) electrons. The van der Waals surface area contributed by atoms with Gasteiger partial charge in [0.1, 0.15) is 5.75 Å². The third-order valence-corrected chi connectivity index (χ3v) is 5.36. The number of esters is 1. The number of carbonyl (C=O) groups is 2. The lowest BCUT2D eigenvalue weighted by Crippen LogP contribution is -2.45. The van der Waals surface area contributed by atoms with Gasteiger partial charge in [-0.15, -0.1) is 0 Å². The highest BCUT2D eigenvalue weighted by Gasteiger charge is 2.41. The van der Waals surface area contributed by atoms with Crippen LogP contribution < -0.4 is 4.74 Å². The van der Waals surface area contributed by atoms with Crippen molar-refractivity contribution < 1.29 is 19.1 Å². The van der Waals surface area contributed by atoms with Crippen molar-refractivity contribution in [1.29, 1.82) is 0 Å². The second-order valence-corrected chi connectivity index (χ2v) is 7.99. The van der Waals surface area contributed by atoms with E-state index in [1.165, 1.54) is 11.8 Å². The number of fused-ring (bicyclic) bond motifs is 1. The first-order chi connectivity index (χ1) is 12.9. The molecule has 0 aliphatic carbocycles. The summed E-state index contributed by atoms with van der Waals surface area (Å²) in [6.07, 6.45) is 0.420. The Kier molecular flexibility index (Phi) is 5.89. The van der Waals surface area contributed by atoms with E-state index in [9.17, 15) is 9.59 Å². The van der Waals surface area contributed by atoms with E-state index in [0.29, 0.717) is 41.0 Å². The molecule has 144 valence electrons. The predicted octanol–water partition coefficient (Wildman–Crippen LogP) is 3.54. The topological polar surface area (TPSA) is 68.2 Å². The van der Waals surface area contributed by atoms with Gasteiger partial charge in [0.15, 0.2) is 5.17 Å². The first-order valence-corrected chi connectivity index (χ1v) is 9.96. The van der Waals surface area contributed by atoms with Gasteiger partial charge in [-0.3, -0.25) is 9.69 Å². The maximum Gasteiger partial charge on any atom is 0.338 e. The van der Waals surface area contributed by atoms with Crippen molar-refractivity contribution in [2.75, 3.05) is 19.5 Å². The molecular formula is C20H24N2O4S. The molecule has 2 aliphatic heterocycles. The number of methoxy groups -OCH3 is 1. The van der Waals surface area contributed by atoms with Crippen molar-refractivity contribution >= 4 is 28.8 Å². The van der Waals surface area contributed by atoms with Crippen LogP contribution in [0.25, 0.3) is 0 Å². The van der Waals surface area contributed by atoms with E-state index in [1.807, 2.05) is 38.1 Å². The molecule has 0 unspecified atom stereocenters. The largest absolute Gasteiger partial charge is 0.497 e. The molecule has 0 N–H and O–H groups in total. The van der Waals surface area contributed by atoms with E-state index in [-0.39, 0.29) is 11.8 Å². The lowest BCUT2D eigenvalue weighted by molar-refractivity contribution is -0.141. The second kappa shape index (κ2) is 8.17. The van der Waals surface area contributed by atoms with Crippen molar-refractivity contribution in [2.45, 2.75) is 33.2 Å². The quantitative estimate of drug-likeness (QED) is 0.722. The van der Waals surface area contributed by atoms with Crippen LogP contribution in [0.4, 0.5) is 0 Å². The zero-order chi connectivity index (χ0) is 19.6. The van der Waals surface area contributed by atoms with Gasteiger partial charge >= 0.3 is 5.97 Å². The standard InChI is InChI=1S/C20H24N2O4S/c1-12(2)11-26-19(24)17-13(3)21-20-22(16(23)9-10-27-20)18(17)14-5-7-15(25-4)8-6-14/h5-8,12,18H,9-11H2,1-4H3/t18-/m1/s1. The van der Waals surface area contributed by atoms with E-state index < -0.39 is 12.0 Å². The van der Waals surface area contributed by atoms with Crippen LogP contribution in [-0.4, -0.2) is 41.4 Å². The fraction of sp³-hybridized carbons (Fsp3) is 0.450. The molecule has 1 amide bonds. The molecular weight excluding hydrogens is 364 g/mol. The molecule has 6 nitrogen and oxygen atoms in total.